The van der Waals surface area contributed by atoms with Crippen LogP contribution in [0.1, 0.15) is 13.8 Å². The number of rotatable bonds is 4. The van der Waals surface area contributed by atoms with Crippen LogP contribution < -0.4 is 0 Å². The zero-order valence-electron chi connectivity index (χ0n) is 6.36. The van der Waals surface area contributed by atoms with Gasteiger partial charge in [0.15, 0.2) is 0 Å². The second-order valence-electron chi connectivity index (χ2n) is 2.23. The summed E-state index contributed by atoms with van der Waals surface area (Å²) in [4.78, 5) is 2.17. The topological polar surface area (TPSA) is 3.24 Å². The highest BCUT2D eigenvalue weighted by molar-refractivity contribution is 7.81. The van der Waals surface area contributed by atoms with Gasteiger partial charge in [0.1, 0.15) is 0 Å². The molecule has 0 saturated carbocycles. The molecule has 0 radical (unpaired) electrons. The summed E-state index contributed by atoms with van der Waals surface area (Å²) >= 11 is 12.8. The van der Waals surface area contributed by atoms with Gasteiger partial charge in [0, 0.05) is 12.3 Å². The van der Waals surface area contributed by atoms with Crippen LogP contribution in [-0.2, 0) is 0 Å². The maximum atomic E-state index is 4.31. The third-order valence-electron chi connectivity index (χ3n) is 1.32. The van der Waals surface area contributed by atoms with Crippen LogP contribution in [0.15, 0.2) is 0 Å². The van der Waals surface area contributed by atoms with Crippen molar-refractivity contribution in [3.8, 4) is 0 Å². The van der Waals surface area contributed by atoms with Gasteiger partial charge in [-0.3, -0.25) is 4.90 Å². The highest BCUT2D eigenvalue weighted by Gasteiger charge is 2.12. The van der Waals surface area contributed by atoms with E-state index in [4.69, 9.17) is 0 Å². The highest BCUT2D eigenvalue weighted by atomic mass is 32.1. The lowest BCUT2D eigenvalue weighted by Gasteiger charge is -2.28. The van der Waals surface area contributed by atoms with E-state index in [2.05, 4.69) is 42.8 Å². The van der Waals surface area contributed by atoms with Crippen molar-refractivity contribution in [3.05, 3.63) is 0 Å². The number of thiol groups is 3. The molecule has 0 spiro atoms. The first kappa shape index (κ1) is 11.0. The average molecular weight is 197 g/mol. The second-order valence-corrected chi connectivity index (χ2v) is 4.17. The second kappa shape index (κ2) is 5.63. The van der Waals surface area contributed by atoms with Gasteiger partial charge in [0.2, 0.25) is 0 Å². The lowest BCUT2D eigenvalue weighted by atomic mass is 10.5. The zero-order chi connectivity index (χ0) is 8.15. The van der Waals surface area contributed by atoms with Gasteiger partial charge < -0.3 is 0 Å². The van der Waals surface area contributed by atoms with Crippen molar-refractivity contribution in [1.29, 1.82) is 0 Å². The van der Waals surface area contributed by atoms with Crippen molar-refractivity contribution in [3.63, 3.8) is 0 Å². The lowest BCUT2D eigenvalue weighted by molar-refractivity contribution is 0.280. The molecule has 0 rings (SSSR count). The summed E-state index contributed by atoms with van der Waals surface area (Å²) in [6.07, 6.45) is 0. The molecule has 2 unspecified atom stereocenters. The van der Waals surface area contributed by atoms with Crippen LogP contribution in [0.3, 0.4) is 0 Å². The van der Waals surface area contributed by atoms with Crippen molar-refractivity contribution in [2.45, 2.75) is 24.6 Å². The highest BCUT2D eigenvalue weighted by Crippen LogP contribution is 2.10. The maximum absolute atomic E-state index is 4.31. The Bertz CT molecular complexity index is 77.1. The van der Waals surface area contributed by atoms with E-state index in [1.54, 1.807) is 0 Å². The predicted octanol–water partition coefficient (Wildman–Crippen LogP) is 1.77. The summed E-state index contributed by atoms with van der Waals surface area (Å²) in [5, 5.41) is 0.527. The van der Waals surface area contributed by atoms with Crippen LogP contribution in [0, 0.1) is 0 Å². The zero-order valence-corrected chi connectivity index (χ0v) is 9.04. The molecule has 2 atom stereocenters. The fourth-order valence-electron chi connectivity index (χ4n) is 0.801. The van der Waals surface area contributed by atoms with Gasteiger partial charge in [-0.1, -0.05) is 0 Å². The molecule has 4 heteroatoms. The minimum atomic E-state index is 0.264. The first-order chi connectivity index (χ1) is 4.59. The Labute approximate surface area is 79.8 Å². The maximum Gasteiger partial charge on any atom is 0.0509 e. The Hall–Kier alpha value is 1.01. The van der Waals surface area contributed by atoms with Crippen molar-refractivity contribution < 1.29 is 0 Å². The Balaban J connectivity index is 3.73. The molecular formula is C6H15NS3. The summed E-state index contributed by atoms with van der Waals surface area (Å²) in [5.41, 5.74) is 0. The first-order valence-electron chi connectivity index (χ1n) is 3.32. The molecule has 0 aliphatic heterocycles. The Kier molecular flexibility index (Phi) is 6.20. The normalized spacial score (nSPS) is 17.4. The number of nitrogens with zero attached hydrogens (tertiary/aromatic N) is 1. The van der Waals surface area contributed by atoms with Crippen LogP contribution in [-0.4, -0.2) is 27.9 Å². The van der Waals surface area contributed by atoms with Gasteiger partial charge in [-0.2, -0.15) is 37.9 Å². The molecule has 0 aromatic rings. The van der Waals surface area contributed by atoms with Gasteiger partial charge in [-0.25, -0.2) is 0 Å². The van der Waals surface area contributed by atoms with E-state index < -0.39 is 0 Å². The summed E-state index contributed by atoms with van der Waals surface area (Å²) in [6, 6.07) is 0. The Morgan fingerprint density at radius 2 is 1.60 bits per heavy atom. The fourth-order valence-corrected chi connectivity index (χ4v) is 1.77. The van der Waals surface area contributed by atoms with Gasteiger partial charge >= 0.3 is 0 Å². The molecule has 1 nitrogen and oxygen atoms in total. The molecule has 0 fully saturated rings. The van der Waals surface area contributed by atoms with Gasteiger partial charge in [-0.05, 0) is 13.8 Å². The van der Waals surface area contributed by atoms with E-state index in [0.29, 0.717) is 0 Å². The van der Waals surface area contributed by atoms with Crippen molar-refractivity contribution in [1.82, 2.24) is 4.90 Å². The molecule has 0 heterocycles. The largest absolute Gasteiger partial charge is 0.280 e. The fraction of sp³-hybridized carbons (Fsp3) is 1.00. The quantitative estimate of drug-likeness (QED) is 0.457. The molecule has 0 aliphatic carbocycles. The average Bonchev–Trinajstić information content (AvgIpc) is 1.81. The van der Waals surface area contributed by atoms with Gasteiger partial charge in [0.25, 0.3) is 0 Å². The van der Waals surface area contributed by atoms with Crippen molar-refractivity contribution in [2.24, 2.45) is 0 Å². The summed E-state index contributed by atoms with van der Waals surface area (Å²) in [6.45, 7) is 5.02. The summed E-state index contributed by atoms with van der Waals surface area (Å²) < 4.78 is 0. The van der Waals surface area contributed by atoms with Crippen LogP contribution in [0.4, 0.5) is 0 Å². The monoisotopic (exact) mass is 197 g/mol. The molecule has 0 saturated heterocycles. The lowest BCUT2D eigenvalue weighted by Crippen LogP contribution is -2.35. The molecule has 0 aromatic heterocycles. The molecule has 0 aliphatic rings. The van der Waals surface area contributed by atoms with Crippen LogP contribution in [0.5, 0.6) is 0 Å². The van der Waals surface area contributed by atoms with Crippen LogP contribution >= 0.6 is 37.9 Å². The number of hydrogen-bond acceptors (Lipinski definition) is 4. The van der Waals surface area contributed by atoms with E-state index in [1.165, 1.54) is 0 Å². The molecular weight excluding hydrogens is 182 g/mol. The Morgan fingerprint density at radius 1 is 1.20 bits per heavy atom. The SMILES string of the molecule is CC(S)N(CCS)C(C)S. The van der Waals surface area contributed by atoms with Crippen LogP contribution in [0.25, 0.3) is 0 Å². The first-order valence-corrected chi connectivity index (χ1v) is 4.99. The summed E-state index contributed by atoms with van der Waals surface area (Å²) in [5.74, 6) is 0.857. The standard InChI is InChI=1S/C6H15NS3/c1-5(9)7(3-4-8)6(2)10/h5-6,8-10H,3-4H2,1-2H3. The molecule has 0 N–H and O–H groups in total. The van der Waals surface area contributed by atoms with Crippen molar-refractivity contribution in [2.75, 3.05) is 12.3 Å². The minimum absolute atomic E-state index is 0.264. The van der Waals surface area contributed by atoms with Gasteiger partial charge in [0.05, 0.1) is 10.7 Å². The number of hydrogen-bond donors (Lipinski definition) is 3. The van der Waals surface area contributed by atoms with E-state index >= 15 is 0 Å². The third-order valence-corrected chi connectivity index (χ3v) is 2.11. The van der Waals surface area contributed by atoms with Crippen LogP contribution in [0.2, 0.25) is 0 Å². The van der Waals surface area contributed by atoms with Gasteiger partial charge in [-0.15, -0.1) is 0 Å². The third kappa shape index (κ3) is 4.01. The Morgan fingerprint density at radius 3 is 1.70 bits per heavy atom. The molecule has 10 heavy (non-hydrogen) atoms. The van der Waals surface area contributed by atoms with E-state index in [0.717, 1.165) is 12.3 Å². The molecule has 62 valence electrons. The molecule has 0 bridgehead atoms. The molecule has 0 aromatic carbocycles. The smallest absolute Gasteiger partial charge is 0.0509 e. The van der Waals surface area contributed by atoms with Crippen molar-refractivity contribution >= 4 is 37.9 Å². The summed E-state index contributed by atoms with van der Waals surface area (Å²) in [7, 11) is 0. The minimum Gasteiger partial charge on any atom is -0.280 e. The van der Waals surface area contributed by atoms with E-state index in [1.807, 2.05) is 13.8 Å². The van der Waals surface area contributed by atoms with E-state index in [9.17, 15) is 0 Å². The molecule has 0 amide bonds. The predicted molar refractivity (Wildman–Crippen MR) is 57.5 cm³/mol. The van der Waals surface area contributed by atoms with E-state index in [-0.39, 0.29) is 10.7 Å².